The van der Waals surface area contributed by atoms with Gasteiger partial charge in [-0.25, -0.2) is 0 Å². The monoisotopic (exact) mass is 267 g/mol. The van der Waals surface area contributed by atoms with E-state index in [1.165, 1.54) is 51.4 Å². The molecule has 0 amide bonds. The second-order valence-corrected chi connectivity index (χ2v) is 7.93. The van der Waals surface area contributed by atoms with Crippen molar-refractivity contribution in [3.63, 3.8) is 0 Å². The number of ether oxygens (including phenoxy) is 1. The van der Waals surface area contributed by atoms with Gasteiger partial charge >= 0.3 is 0 Å². The first-order chi connectivity index (χ1) is 8.91. The zero-order valence-corrected chi connectivity index (χ0v) is 13.4. The van der Waals surface area contributed by atoms with Crippen molar-refractivity contribution in [2.24, 2.45) is 5.41 Å². The Bertz CT molecular complexity index is 279. The van der Waals surface area contributed by atoms with E-state index in [-0.39, 0.29) is 5.60 Å². The van der Waals surface area contributed by atoms with Crippen LogP contribution in [0.5, 0.6) is 0 Å². The number of hydrogen-bond donors (Lipinski definition) is 1. The van der Waals surface area contributed by atoms with Crippen LogP contribution in [0.15, 0.2) is 0 Å². The second-order valence-electron chi connectivity index (χ2n) is 7.93. The summed E-state index contributed by atoms with van der Waals surface area (Å²) in [6.45, 7) is 10.3. The van der Waals surface area contributed by atoms with Crippen molar-refractivity contribution in [2.75, 3.05) is 6.54 Å². The van der Waals surface area contributed by atoms with Crippen molar-refractivity contribution in [1.82, 2.24) is 5.32 Å². The first-order valence-corrected chi connectivity index (χ1v) is 8.32. The molecule has 2 fully saturated rings. The summed E-state index contributed by atoms with van der Waals surface area (Å²) < 4.78 is 6.50. The van der Waals surface area contributed by atoms with Crippen LogP contribution in [0, 0.1) is 5.41 Å². The summed E-state index contributed by atoms with van der Waals surface area (Å²) in [4.78, 5) is 0. The average molecular weight is 267 g/mol. The molecule has 0 aromatic carbocycles. The Morgan fingerprint density at radius 3 is 2.47 bits per heavy atom. The smallest absolute Gasteiger partial charge is 0.0687 e. The average Bonchev–Trinajstić information content (AvgIpc) is 2.70. The third-order valence-electron chi connectivity index (χ3n) is 4.87. The minimum Gasteiger partial charge on any atom is -0.372 e. The molecule has 1 aliphatic carbocycles. The molecular formula is C17H33NO. The van der Waals surface area contributed by atoms with E-state index in [0.717, 1.165) is 6.54 Å². The van der Waals surface area contributed by atoms with Gasteiger partial charge in [0.25, 0.3) is 0 Å². The van der Waals surface area contributed by atoms with Gasteiger partial charge in [-0.05, 0) is 37.5 Å². The SMILES string of the molecule is CC(C)NCC(C)(C)CC1CCC2(CCCCC2)O1. The van der Waals surface area contributed by atoms with Gasteiger partial charge in [0, 0.05) is 12.6 Å². The van der Waals surface area contributed by atoms with E-state index in [1.54, 1.807) is 0 Å². The lowest BCUT2D eigenvalue weighted by Crippen LogP contribution is -2.37. The fourth-order valence-electron chi connectivity index (χ4n) is 3.77. The second kappa shape index (κ2) is 6.13. The predicted molar refractivity (Wildman–Crippen MR) is 81.5 cm³/mol. The first kappa shape index (κ1) is 15.3. The topological polar surface area (TPSA) is 21.3 Å². The van der Waals surface area contributed by atoms with Gasteiger partial charge in [0.05, 0.1) is 11.7 Å². The molecule has 1 atom stereocenters. The Morgan fingerprint density at radius 1 is 1.16 bits per heavy atom. The molecule has 1 heterocycles. The molecule has 19 heavy (non-hydrogen) atoms. The molecule has 1 unspecified atom stereocenters. The van der Waals surface area contributed by atoms with Crippen molar-refractivity contribution in [2.45, 2.75) is 96.8 Å². The summed E-state index contributed by atoms with van der Waals surface area (Å²) in [5, 5.41) is 3.58. The third-order valence-corrected chi connectivity index (χ3v) is 4.87. The Balaban J connectivity index is 1.80. The van der Waals surface area contributed by atoms with E-state index in [9.17, 15) is 0 Å². The van der Waals surface area contributed by atoms with E-state index in [1.807, 2.05) is 0 Å². The molecule has 2 heteroatoms. The standard InChI is InChI=1S/C17H33NO/c1-14(2)18-13-16(3,4)12-15-8-11-17(19-15)9-6-5-7-10-17/h14-15,18H,5-13H2,1-4H3. The van der Waals surface area contributed by atoms with Gasteiger partial charge in [0.15, 0.2) is 0 Å². The Morgan fingerprint density at radius 2 is 1.84 bits per heavy atom. The summed E-state index contributed by atoms with van der Waals surface area (Å²) in [5.74, 6) is 0. The highest BCUT2D eigenvalue weighted by Gasteiger charge is 2.42. The zero-order valence-electron chi connectivity index (χ0n) is 13.4. The number of hydrogen-bond acceptors (Lipinski definition) is 2. The first-order valence-electron chi connectivity index (χ1n) is 8.32. The van der Waals surface area contributed by atoms with Gasteiger partial charge in [-0.3, -0.25) is 0 Å². The highest BCUT2D eigenvalue weighted by atomic mass is 16.5. The quantitative estimate of drug-likeness (QED) is 0.802. The summed E-state index contributed by atoms with van der Waals surface area (Å²) in [6, 6.07) is 0.577. The maximum Gasteiger partial charge on any atom is 0.0687 e. The van der Waals surface area contributed by atoms with Gasteiger partial charge < -0.3 is 10.1 Å². The Labute approximate surface area is 119 Å². The third kappa shape index (κ3) is 4.46. The molecule has 0 aromatic rings. The van der Waals surface area contributed by atoms with Crippen molar-refractivity contribution < 1.29 is 4.74 Å². The van der Waals surface area contributed by atoms with Crippen molar-refractivity contribution >= 4 is 0 Å². The molecule has 0 aromatic heterocycles. The highest BCUT2D eigenvalue weighted by Crippen LogP contribution is 2.44. The van der Waals surface area contributed by atoms with Crippen molar-refractivity contribution in [3.8, 4) is 0 Å². The summed E-state index contributed by atoms with van der Waals surface area (Å²) in [6.07, 6.45) is 11.1. The maximum absolute atomic E-state index is 6.50. The Kier molecular flexibility index (Phi) is 4.94. The van der Waals surface area contributed by atoms with Crippen LogP contribution in [0.2, 0.25) is 0 Å². The van der Waals surface area contributed by atoms with Gasteiger partial charge in [0.1, 0.15) is 0 Å². The summed E-state index contributed by atoms with van der Waals surface area (Å²) >= 11 is 0. The Hall–Kier alpha value is -0.0800. The number of rotatable bonds is 5. The lowest BCUT2D eigenvalue weighted by atomic mass is 9.82. The summed E-state index contributed by atoms with van der Waals surface area (Å²) in [7, 11) is 0. The minimum absolute atomic E-state index is 0.282. The van der Waals surface area contributed by atoms with E-state index in [2.05, 4.69) is 33.0 Å². The maximum atomic E-state index is 6.50. The molecule has 1 saturated heterocycles. The molecule has 2 aliphatic rings. The van der Waals surface area contributed by atoms with E-state index in [0.29, 0.717) is 17.6 Å². The van der Waals surface area contributed by atoms with Crippen LogP contribution in [0.4, 0.5) is 0 Å². The van der Waals surface area contributed by atoms with Crippen molar-refractivity contribution in [1.29, 1.82) is 0 Å². The molecule has 1 aliphatic heterocycles. The molecule has 2 rings (SSSR count). The lowest BCUT2D eigenvalue weighted by molar-refractivity contribution is -0.0745. The fourth-order valence-corrected chi connectivity index (χ4v) is 3.77. The van der Waals surface area contributed by atoms with Crippen LogP contribution in [0.3, 0.4) is 0 Å². The van der Waals surface area contributed by atoms with Crippen LogP contribution in [-0.2, 0) is 4.74 Å². The van der Waals surface area contributed by atoms with Crippen LogP contribution in [0.25, 0.3) is 0 Å². The van der Waals surface area contributed by atoms with Gasteiger partial charge in [0.2, 0.25) is 0 Å². The minimum atomic E-state index is 0.282. The van der Waals surface area contributed by atoms with Crippen molar-refractivity contribution in [3.05, 3.63) is 0 Å². The number of nitrogens with one attached hydrogen (secondary N) is 1. The molecule has 1 saturated carbocycles. The van der Waals surface area contributed by atoms with Crippen LogP contribution in [0.1, 0.15) is 79.1 Å². The molecule has 0 bridgehead atoms. The zero-order chi connectivity index (χ0) is 13.9. The van der Waals surface area contributed by atoms with Crippen LogP contribution in [-0.4, -0.2) is 24.3 Å². The highest BCUT2D eigenvalue weighted by molar-refractivity contribution is 4.92. The molecule has 1 N–H and O–H groups in total. The largest absolute Gasteiger partial charge is 0.372 e. The molecule has 0 radical (unpaired) electrons. The van der Waals surface area contributed by atoms with E-state index in [4.69, 9.17) is 4.74 Å². The molecule has 2 nitrogen and oxygen atoms in total. The van der Waals surface area contributed by atoms with Gasteiger partial charge in [-0.1, -0.05) is 47.0 Å². The van der Waals surface area contributed by atoms with Crippen LogP contribution < -0.4 is 5.32 Å². The molecule has 1 spiro atoms. The van der Waals surface area contributed by atoms with Crippen LogP contribution >= 0.6 is 0 Å². The summed E-state index contributed by atoms with van der Waals surface area (Å²) in [5.41, 5.74) is 0.625. The van der Waals surface area contributed by atoms with E-state index >= 15 is 0 Å². The molecule has 112 valence electrons. The normalized spacial score (nSPS) is 27.3. The van der Waals surface area contributed by atoms with E-state index < -0.39 is 0 Å². The fraction of sp³-hybridized carbons (Fsp3) is 1.00. The van der Waals surface area contributed by atoms with Gasteiger partial charge in [-0.15, -0.1) is 0 Å². The van der Waals surface area contributed by atoms with Gasteiger partial charge in [-0.2, -0.15) is 0 Å². The lowest BCUT2D eigenvalue weighted by Gasteiger charge is -2.35. The molecular weight excluding hydrogens is 234 g/mol. The predicted octanol–water partition coefficient (Wildman–Crippen LogP) is 4.28.